The zero-order valence-corrected chi connectivity index (χ0v) is 10.7. The lowest BCUT2D eigenvalue weighted by Gasteiger charge is -2.35. The Labute approximate surface area is 100 Å². The molecule has 1 amide bonds. The molecule has 0 unspecified atom stereocenters. The highest BCUT2D eigenvalue weighted by atomic mass is 32.1. The Balaban J connectivity index is 2.13. The van der Waals surface area contributed by atoms with E-state index in [0.29, 0.717) is 13.1 Å². The number of nitrogens with zero attached hydrogens (tertiary/aromatic N) is 1. The molecule has 0 bridgehead atoms. The number of carbonyl (C=O) groups is 1. The normalized spacial score (nSPS) is 25.8. The lowest BCUT2D eigenvalue weighted by molar-refractivity contribution is -0.0585. The number of aryl methyl sites for hydroxylation is 1. The molecule has 1 aliphatic rings. The maximum absolute atomic E-state index is 12.3. The Bertz CT molecular complexity index is 378. The van der Waals surface area contributed by atoms with Crippen molar-refractivity contribution in [3.8, 4) is 0 Å². The topological polar surface area (TPSA) is 29.5 Å². The molecular weight excluding hydrogens is 222 g/mol. The highest BCUT2D eigenvalue weighted by Gasteiger charge is 2.27. The summed E-state index contributed by atoms with van der Waals surface area (Å²) in [5.74, 6) is 0.148. The third-order valence-corrected chi connectivity index (χ3v) is 3.77. The van der Waals surface area contributed by atoms with Crippen molar-refractivity contribution in [2.45, 2.75) is 33.0 Å². The zero-order valence-electron chi connectivity index (χ0n) is 9.90. The van der Waals surface area contributed by atoms with Gasteiger partial charge in [0, 0.05) is 13.1 Å². The van der Waals surface area contributed by atoms with Crippen LogP contribution < -0.4 is 0 Å². The SMILES string of the molecule is Cc1ccsc1C(=O)N1C[C@@H](C)O[C@H](C)C1. The first-order valence-electron chi connectivity index (χ1n) is 5.56. The van der Waals surface area contributed by atoms with Gasteiger partial charge in [-0.15, -0.1) is 11.3 Å². The van der Waals surface area contributed by atoms with Gasteiger partial charge in [-0.2, -0.15) is 0 Å². The van der Waals surface area contributed by atoms with Crippen molar-refractivity contribution in [2.24, 2.45) is 0 Å². The van der Waals surface area contributed by atoms with Crippen molar-refractivity contribution in [3.63, 3.8) is 0 Å². The number of carbonyl (C=O) groups excluding carboxylic acids is 1. The van der Waals surface area contributed by atoms with E-state index >= 15 is 0 Å². The summed E-state index contributed by atoms with van der Waals surface area (Å²) in [6.45, 7) is 7.40. The number of hydrogen-bond donors (Lipinski definition) is 0. The third kappa shape index (κ3) is 2.28. The van der Waals surface area contributed by atoms with E-state index in [1.807, 2.05) is 37.1 Å². The van der Waals surface area contributed by atoms with E-state index in [-0.39, 0.29) is 18.1 Å². The van der Waals surface area contributed by atoms with E-state index < -0.39 is 0 Å². The molecule has 2 heterocycles. The number of ether oxygens (including phenoxy) is 1. The lowest BCUT2D eigenvalue weighted by atomic mass is 10.2. The van der Waals surface area contributed by atoms with E-state index in [9.17, 15) is 4.79 Å². The number of thiophene rings is 1. The summed E-state index contributed by atoms with van der Waals surface area (Å²) in [5, 5.41) is 1.97. The van der Waals surface area contributed by atoms with Crippen molar-refractivity contribution in [3.05, 3.63) is 21.9 Å². The van der Waals surface area contributed by atoms with Crippen LogP contribution in [0.15, 0.2) is 11.4 Å². The molecule has 16 heavy (non-hydrogen) atoms. The van der Waals surface area contributed by atoms with Crippen LogP contribution in [0.5, 0.6) is 0 Å². The minimum atomic E-state index is 0.132. The number of rotatable bonds is 1. The standard InChI is InChI=1S/C12H17NO2S/c1-8-4-5-16-11(8)12(14)13-6-9(2)15-10(3)7-13/h4-5,9-10H,6-7H2,1-3H3/t9-,10-/m1/s1. The smallest absolute Gasteiger partial charge is 0.264 e. The Kier molecular flexibility index (Phi) is 3.30. The van der Waals surface area contributed by atoms with Crippen molar-refractivity contribution < 1.29 is 9.53 Å². The summed E-state index contributed by atoms with van der Waals surface area (Å²) >= 11 is 1.52. The highest BCUT2D eigenvalue weighted by Crippen LogP contribution is 2.20. The first kappa shape index (κ1) is 11.6. The van der Waals surface area contributed by atoms with Gasteiger partial charge >= 0.3 is 0 Å². The Morgan fingerprint density at radius 3 is 2.56 bits per heavy atom. The fourth-order valence-corrected chi connectivity index (χ4v) is 2.97. The molecular formula is C12H17NO2S. The fraction of sp³-hybridized carbons (Fsp3) is 0.583. The Morgan fingerprint density at radius 2 is 2.06 bits per heavy atom. The second kappa shape index (κ2) is 4.55. The first-order chi connectivity index (χ1) is 7.58. The fourth-order valence-electron chi connectivity index (χ4n) is 2.08. The molecule has 2 rings (SSSR count). The summed E-state index contributed by atoms with van der Waals surface area (Å²) in [6.07, 6.45) is 0.265. The van der Waals surface area contributed by atoms with Crippen LogP contribution in [-0.2, 0) is 4.74 Å². The van der Waals surface area contributed by atoms with Gasteiger partial charge in [0.15, 0.2) is 0 Å². The largest absolute Gasteiger partial charge is 0.372 e. The summed E-state index contributed by atoms with van der Waals surface area (Å²) in [7, 11) is 0. The van der Waals surface area contributed by atoms with Crippen LogP contribution in [0.25, 0.3) is 0 Å². The molecule has 0 aromatic carbocycles. The lowest BCUT2D eigenvalue weighted by Crippen LogP contribution is -2.48. The molecule has 1 aromatic rings. The van der Waals surface area contributed by atoms with E-state index in [2.05, 4.69) is 0 Å². The molecule has 4 heteroatoms. The quantitative estimate of drug-likeness (QED) is 0.752. The van der Waals surface area contributed by atoms with Crippen molar-refractivity contribution >= 4 is 17.2 Å². The molecule has 3 nitrogen and oxygen atoms in total. The molecule has 0 radical (unpaired) electrons. The summed E-state index contributed by atoms with van der Waals surface area (Å²) < 4.78 is 5.62. The van der Waals surface area contributed by atoms with Crippen LogP contribution in [-0.4, -0.2) is 36.1 Å². The van der Waals surface area contributed by atoms with Crippen LogP contribution in [0.1, 0.15) is 29.1 Å². The van der Waals surface area contributed by atoms with E-state index in [1.165, 1.54) is 11.3 Å². The van der Waals surface area contributed by atoms with Crippen LogP contribution >= 0.6 is 11.3 Å². The minimum Gasteiger partial charge on any atom is -0.372 e. The van der Waals surface area contributed by atoms with Gasteiger partial charge in [-0.05, 0) is 37.8 Å². The van der Waals surface area contributed by atoms with E-state index in [1.54, 1.807) is 0 Å². The van der Waals surface area contributed by atoms with Gasteiger partial charge in [-0.1, -0.05) is 0 Å². The molecule has 0 N–H and O–H groups in total. The Morgan fingerprint density at radius 1 is 1.44 bits per heavy atom. The molecule has 2 atom stereocenters. The number of morpholine rings is 1. The van der Waals surface area contributed by atoms with Crippen LogP contribution in [0.4, 0.5) is 0 Å². The molecule has 1 aromatic heterocycles. The number of amides is 1. The van der Waals surface area contributed by atoms with Crippen LogP contribution in [0.2, 0.25) is 0 Å². The summed E-state index contributed by atoms with van der Waals surface area (Å²) in [4.78, 5) is 15.0. The molecule has 0 saturated carbocycles. The maximum atomic E-state index is 12.3. The van der Waals surface area contributed by atoms with Gasteiger partial charge in [0.25, 0.3) is 5.91 Å². The summed E-state index contributed by atoms with van der Waals surface area (Å²) in [6, 6.07) is 1.99. The third-order valence-electron chi connectivity index (χ3n) is 2.76. The molecule has 0 aliphatic carbocycles. The van der Waals surface area contributed by atoms with Gasteiger partial charge < -0.3 is 9.64 Å². The highest BCUT2D eigenvalue weighted by molar-refractivity contribution is 7.12. The molecule has 0 spiro atoms. The van der Waals surface area contributed by atoms with Gasteiger partial charge in [-0.3, -0.25) is 4.79 Å². The zero-order chi connectivity index (χ0) is 11.7. The second-order valence-corrected chi connectivity index (χ2v) is 5.32. The van der Waals surface area contributed by atoms with Crippen molar-refractivity contribution in [1.82, 2.24) is 4.90 Å². The Hall–Kier alpha value is -0.870. The molecule has 1 saturated heterocycles. The average Bonchev–Trinajstić information content (AvgIpc) is 2.62. The number of hydrogen-bond acceptors (Lipinski definition) is 3. The van der Waals surface area contributed by atoms with E-state index in [4.69, 9.17) is 4.74 Å². The van der Waals surface area contributed by atoms with Crippen LogP contribution in [0.3, 0.4) is 0 Å². The molecule has 88 valence electrons. The van der Waals surface area contributed by atoms with Crippen molar-refractivity contribution in [1.29, 1.82) is 0 Å². The van der Waals surface area contributed by atoms with Gasteiger partial charge in [-0.25, -0.2) is 0 Å². The maximum Gasteiger partial charge on any atom is 0.264 e. The molecule has 1 fully saturated rings. The monoisotopic (exact) mass is 239 g/mol. The molecule has 1 aliphatic heterocycles. The van der Waals surface area contributed by atoms with Crippen molar-refractivity contribution in [2.75, 3.05) is 13.1 Å². The van der Waals surface area contributed by atoms with Gasteiger partial charge in [0.2, 0.25) is 0 Å². The van der Waals surface area contributed by atoms with Gasteiger partial charge in [0.05, 0.1) is 17.1 Å². The average molecular weight is 239 g/mol. The predicted octanol–water partition coefficient (Wildman–Crippen LogP) is 2.31. The second-order valence-electron chi connectivity index (χ2n) is 4.40. The predicted molar refractivity (Wildman–Crippen MR) is 65.0 cm³/mol. The minimum absolute atomic E-state index is 0.132. The summed E-state index contributed by atoms with van der Waals surface area (Å²) in [5.41, 5.74) is 1.07. The van der Waals surface area contributed by atoms with Crippen LogP contribution in [0, 0.1) is 6.92 Å². The van der Waals surface area contributed by atoms with E-state index in [0.717, 1.165) is 10.4 Å². The first-order valence-corrected chi connectivity index (χ1v) is 6.44. The van der Waals surface area contributed by atoms with Gasteiger partial charge in [0.1, 0.15) is 0 Å².